The SMILES string of the molecule is CNC(CCO)c1ccc(C(F)F)cc1. The van der Waals surface area contributed by atoms with E-state index in [1.54, 1.807) is 19.2 Å². The predicted octanol–water partition coefficient (Wildman–Crippen LogP) is 2.27. The summed E-state index contributed by atoms with van der Waals surface area (Å²) in [6.45, 7) is 0.0715. The van der Waals surface area contributed by atoms with Crippen LogP contribution in [0.2, 0.25) is 0 Å². The molecule has 0 heterocycles. The van der Waals surface area contributed by atoms with Gasteiger partial charge in [-0.25, -0.2) is 8.78 Å². The van der Waals surface area contributed by atoms with Gasteiger partial charge >= 0.3 is 0 Å². The summed E-state index contributed by atoms with van der Waals surface area (Å²) in [4.78, 5) is 0. The summed E-state index contributed by atoms with van der Waals surface area (Å²) in [7, 11) is 1.78. The van der Waals surface area contributed by atoms with E-state index in [1.807, 2.05) is 0 Å². The van der Waals surface area contributed by atoms with Gasteiger partial charge in [0.2, 0.25) is 0 Å². The third-order valence-corrected chi connectivity index (χ3v) is 2.36. The van der Waals surface area contributed by atoms with E-state index in [9.17, 15) is 8.78 Å². The van der Waals surface area contributed by atoms with Crippen LogP contribution in [-0.4, -0.2) is 18.8 Å². The van der Waals surface area contributed by atoms with Crippen LogP contribution in [0.15, 0.2) is 24.3 Å². The zero-order valence-corrected chi connectivity index (χ0v) is 8.58. The Labute approximate surface area is 87.9 Å². The van der Waals surface area contributed by atoms with E-state index in [1.165, 1.54) is 12.1 Å². The summed E-state index contributed by atoms with van der Waals surface area (Å²) >= 11 is 0. The maximum absolute atomic E-state index is 12.3. The molecule has 2 nitrogen and oxygen atoms in total. The zero-order chi connectivity index (χ0) is 11.3. The maximum Gasteiger partial charge on any atom is 0.263 e. The highest BCUT2D eigenvalue weighted by Gasteiger charge is 2.10. The fraction of sp³-hybridized carbons (Fsp3) is 0.455. The third kappa shape index (κ3) is 3.25. The van der Waals surface area contributed by atoms with Crippen molar-refractivity contribution in [3.05, 3.63) is 35.4 Å². The first-order chi connectivity index (χ1) is 7.19. The highest BCUT2D eigenvalue weighted by molar-refractivity contribution is 5.25. The molecule has 1 rings (SSSR count). The second-order valence-corrected chi connectivity index (χ2v) is 3.32. The first-order valence-electron chi connectivity index (χ1n) is 4.85. The van der Waals surface area contributed by atoms with Crippen LogP contribution in [0.1, 0.15) is 30.0 Å². The van der Waals surface area contributed by atoms with Gasteiger partial charge in [0.05, 0.1) is 0 Å². The minimum atomic E-state index is -2.43. The molecule has 0 fully saturated rings. The molecular formula is C11H15F2NO. The summed E-state index contributed by atoms with van der Waals surface area (Å²) < 4.78 is 24.5. The lowest BCUT2D eigenvalue weighted by molar-refractivity contribution is 0.151. The summed E-state index contributed by atoms with van der Waals surface area (Å²) in [5, 5.41) is 11.8. The normalized spacial score (nSPS) is 13.1. The van der Waals surface area contributed by atoms with Crippen molar-refractivity contribution in [3.8, 4) is 0 Å². The van der Waals surface area contributed by atoms with Crippen molar-refractivity contribution in [1.29, 1.82) is 0 Å². The Balaban J connectivity index is 2.77. The molecule has 0 spiro atoms. The van der Waals surface area contributed by atoms with Crippen LogP contribution in [0, 0.1) is 0 Å². The van der Waals surface area contributed by atoms with Gasteiger partial charge in [-0.2, -0.15) is 0 Å². The van der Waals surface area contributed by atoms with Crippen LogP contribution in [0.5, 0.6) is 0 Å². The monoisotopic (exact) mass is 215 g/mol. The molecule has 1 atom stereocenters. The minimum absolute atomic E-state index is 0.0155. The van der Waals surface area contributed by atoms with Crippen LogP contribution < -0.4 is 5.32 Å². The number of alkyl halides is 2. The lowest BCUT2D eigenvalue weighted by Crippen LogP contribution is -2.17. The lowest BCUT2D eigenvalue weighted by atomic mass is 10.0. The fourth-order valence-electron chi connectivity index (χ4n) is 1.48. The van der Waals surface area contributed by atoms with E-state index in [0.717, 1.165) is 5.56 Å². The van der Waals surface area contributed by atoms with E-state index in [-0.39, 0.29) is 18.2 Å². The molecule has 4 heteroatoms. The first-order valence-corrected chi connectivity index (χ1v) is 4.85. The van der Waals surface area contributed by atoms with E-state index >= 15 is 0 Å². The van der Waals surface area contributed by atoms with Crippen LogP contribution in [0.25, 0.3) is 0 Å². The quantitative estimate of drug-likeness (QED) is 0.789. The van der Waals surface area contributed by atoms with Crippen molar-refractivity contribution in [1.82, 2.24) is 5.32 Å². The number of halogens is 2. The molecule has 0 radical (unpaired) electrons. The number of benzene rings is 1. The second-order valence-electron chi connectivity index (χ2n) is 3.32. The Kier molecular flexibility index (Phi) is 4.65. The lowest BCUT2D eigenvalue weighted by Gasteiger charge is -2.15. The molecule has 84 valence electrons. The molecule has 0 aliphatic heterocycles. The standard InChI is InChI=1S/C11H15F2NO/c1-14-10(6-7-15)8-2-4-9(5-3-8)11(12)13/h2-5,10-11,14-15H,6-7H2,1H3. The van der Waals surface area contributed by atoms with Crippen molar-refractivity contribution in [2.45, 2.75) is 18.9 Å². The Hall–Kier alpha value is -1.00. The van der Waals surface area contributed by atoms with E-state index in [0.29, 0.717) is 6.42 Å². The van der Waals surface area contributed by atoms with Gasteiger partial charge in [-0.1, -0.05) is 24.3 Å². The van der Waals surface area contributed by atoms with E-state index in [4.69, 9.17) is 5.11 Å². The van der Waals surface area contributed by atoms with Gasteiger partial charge in [0.1, 0.15) is 0 Å². The molecule has 2 N–H and O–H groups in total. The molecule has 0 aliphatic carbocycles. The van der Waals surface area contributed by atoms with E-state index < -0.39 is 6.43 Å². The molecule has 1 aromatic rings. The minimum Gasteiger partial charge on any atom is -0.396 e. The van der Waals surface area contributed by atoms with Crippen molar-refractivity contribution in [3.63, 3.8) is 0 Å². The molecule has 0 aliphatic rings. The van der Waals surface area contributed by atoms with E-state index in [2.05, 4.69) is 5.32 Å². The van der Waals surface area contributed by atoms with Gasteiger partial charge in [-0.15, -0.1) is 0 Å². The molecule has 15 heavy (non-hydrogen) atoms. The largest absolute Gasteiger partial charge is 0.396 e. The molecule has 0 bridgehead atoms. The highest BCUT2D eigenvalue weighted by atomic mass is 19.3. The highest BCUT2D eigenvalue weighted by Crippen LogP contribution is 2.22. The van der Waals surface area contributed by atoms with Crippen LogP contribution in [0.4, 0.5) is 8.78 Å². The molecule has 0 aromatic heterocycles. The summed E-state index contributed by atoms with van der Waals surface area (Å²) in [5.74, 6) is 0. The fourth-order valence-corrected chi connectivity index (χ4v) is 1.48. The summed E-state index contributed by atoms with van der Waals surface area (Å²) in [6, 6.07) is 6.18. The molecule has 1 unspecified atom stereocenters. The number of rotatable bonds is 5. The number of aliphatic hydroxyl groups excluding tert-OH is 1. The van der Waals surface area contributed by atoms with Gasteiger partial charge in [0.15, 0.2) is 0 Å². The summed E-state index contributed by atoms with van der Waals surface area (Å²) in [5.41, 5.74) is 0.938. The Morgan fingerprint density at radius 3 is 2.13 bits per heavy atom. The Morgan fingerprint density at radius 2 is 1.73 bits per heavy atom. The smallest absolute Gasteiger partial charge is 0.263 e. The van der Waals surface area contributed by atoms with Gasteiger partial charge in [-0.05, 0) is 19.0 Å². The zero-order valence-electron chi connectivity index (χ0n) is 8.58. The van der Waals surface area contributed by atoms with Crippen LogP contribution in [-0.2, 0) is 0 Å². The molecular weight excluding hydrogens is 200 g/mol. The third-order valence-electron chi connectivity index (χ3n) is 2.36. The van der Waals surface area contributed by atoms with Crippen LogP contribution >= 0.6 is 0 Å². The van der Waals surface area contributed by atoms with Crippen molar-refractivity contribution < 1.29 is 13.9 Å². The molecule has 0 saturated carbocycles. The summed E-state index contributed by atoms with van der Waals surface area (Å²) in [6.07, 6.45) is -1.85. The number of aliphatic hydroxyl groups is 1. The Morgan fingerprint density at radius 1 is 1.20 bits per heavy atom. The van der Waals surface area contributed by atoms with Crippen LogP contribution in [0.3, 0.4) is 0 Å². The van der Waals surface area contributed by atoms with Crippen molar-refractivity contribution >= 4 is 0 Å². The van der Waals surface area contributed by atoms with Crippen molar-refractivity contribution in [2.75, 3.05) is 13.7 Å². The number of hydrogen-bond donors (Lipinski definition) is 2. The molecule has 0 amide bonds. The second kappa shape index (κ2) is 5.78. The van der Waals surface area contributed by atoms with Gasteiger partial charge in [0.25, 0.3) is 6.43 Å². The molecule has 1 aromatic carbocycles. The van der Waals surface area contributed by atoms with Gasteiger partial charge < -0.3 is 10.4 Å². The number of hydrogen-bond acceptors (Lipinski definition) is 2. The topological polar surface area (TPSA) is 32.3 Å². The van der Waals surface area contributed by atoms with Gasteiger partial charge in [0, 0.05) is 18.2 Å². The maximum atomic E-state index is 12.3. The first kappa shape index (κ1) is 12.1. The number of nitrogens with one attached hydrogen (secondary N) is 1. The molecule has 0 saturated heterocycles. The van der Waals surface area contributed by atoms with Gasteiger partial charge in [-0.3, -0.25) is 0 Å². The average molecular weight is 215 g/mol. The van der Waals surface area contributed by atoms with Crippen molar-refractivity contribution in [2.24, 2.45) is 0 Å². The predicted molar refractivity (Wildman–Crippen MR) is 54.9 cm³/mol. The average Bonchev–Trinajstić information content (AvgIpc) is 2.26. The Bertz CT molecular complexity index is 287.